The Hall–Kier alpha value is -2.38. The van der Waals surface area contributed by atoms with Gasteiger partial charge in [0, 0.05) is 5.92 Å². The first kappa shape index (κ1) is 15.5. The van der Waals surface area contributed by atoms with E-state index in [1.165, 1.54) is 0 Å². The Bertz CT molecular complexity index is 793. The molecule has 5 nitrogen and oxygen atoms in total. The second-order valence-corrected chi connectivity index (χ2v) is 5.33. The van der Waals surface area contributed by atoms with E-state index in [1.807, 2.05) is 28.8 Å². The van der Waals surface area contributed by atoms with Crippen LogP contribution in [-0.4, -0.2) is 25.9 Å². The van der Waals surface area contributed by atoms with Crippen LogP contribution in [0.25, 0.3) is 11.0 Å². The molecule has 3 rings (SSSR count). The van der Waals surface area contributed by atoms with Gasteiger partial charge in [-0.2, -0.15) is 18.2 Å². The Morgan fingerprint density at radius 2 is 2.04 bits per heavy atom. The minimum Gasteiger partial charge on any atom is -0.339 e. The van der Waals surface area contributed by atoms with Crippen molar-refractivity contribution in [2.24, 2.45) is 0 Å². The number of imidazole rings is 1. The van der Waals surface area contributed by atoms with Crippen LogP contribution >= 0.6 is 0 Å². The van der Waals surface area contributed by atoms with Gasteiger partial charge >= 0.3 is 6.18 Å². The summed E-state index contributed by atoms with van der Waals surface area (Å²) in [4.78, 5) is 8.37. The van der Waals surface area contributed by atoms with Crippen LogP contribution in [0.1, 0.15) is 37.4 Å². The van der Waals surface area contributed by atoms with Crippen LogP contribution in [-0.2, 0) is 6.54 Å². The summed E-state index contributed by atoms with van der Waals surface area (Å²) in [5.41, 5.74) is 1.74. The molecule has 0 aliphatic rings. The van der Waals surface area contributed by atoms with E-state index in [-0.39, 0.29) is 12.3 Å². The Morgan fingerprint density at radius 3 is 2.78 bits per heavy atom. The molecule has 0 N–H and O–H groups in total. The van der Waals surface area contributed by atoms with Crippen molar-refractivity contribution < 1.29 is 17.7 Å². The first-order valence-electron chi connectivity index (χ1n) is 7.25. The molecule has 8 heteroatoms. The highest BCUT2D eigenvalue weighted by atomic mass is 19.4. The molecule has 0 radical (unpaired) electrons. The fourth-order valence-corrected chi connectivity index (χ4v) is 2.47. The van der Waals surface area contributed by atoms with Gasteiger partial charge in [-0.1, -0.05) is 24.2 Å². The second-order valence-electron chi connectivity index (χ2n) is 5.33. The molecule has 0 aliphatic heterocycles. The smallest absolute Gasteiger partial charge is 0.339 e. The maximum Gasteiger partial charge on any atom is 0.389 e. The molecule has 0 fully saturated rings. The van der Waals surface area contributed by atoms with E-state index in [2.05, 4.69) is 15.1 Å². The topological polar surface area (TPSA) is 56.7 Å². The van der Waals surface area contributed by atoms with Crippen molar-refractivity contribution in [1.82, 2.24) is 19.7 Å². The molecule has 0 amide bonds. The third kappa shape index (κ3) is 3.52. The highest BCUT2D eigenvalue weighted by molar-refractivity contribution is 5.74. The van der Waals surface area contributed by atoms with Crippen molar-refractivity contribution in [2.75, 3.05) is 0 Å². The maximum absolute atomic E-state index is 12.6. The fourth-order valence-electron chi connectivity index (χ4n) is 2.47. The number of rotatable bonds is 5. The zero-order chi connectivity index (χ0) is 16.4. The molecule has 2 heterocycles. The lowest BCUT2D eigenvalue weighted by atomic mass is 10.0. The van der Waals surface area contributed by atoms with E-state index in [1.54, 1.807) is 13.3 Å². The summed E-state index contributed by atoms with van der Waals surface area (Å²) in [5, 5.41) is 3.79. The van der Waals surface area contributed by atoms with E-state index < -0.39 is 18.5 Å². The number of para-hydroxylation sites is 2. The van der Waals surface area contributed by atoms with E-state index in [0.717, 1.165) is 11.0 Å². The standard InChI is InChI=1S/C15H15F3N4O/c1-2-10(7-15(16,17)18)14-20-13(21-23-14)8-22-9-19-11-5-3-4-6-12(11)22/h3-6,9-10H,2,7-8H2,1H3. The number of hydrogen-bond acceptors (Lipinski definition) is 4. The van der Waals surface area contributed by atoms with E-state index in [0.29, 0.717) is 12.4 Å². The van der Waals surface area contributed by atoms with Crippen LogP contribution in [0.3, 0.4) is 0 Å². The number of alkyl halides is 3. The van der Waals surface area contributed by atoms with Crippen LogP contribution in [0.2, 0.25) is 0 Å². The molecule has 0 aliphatic carbocycles. The van der Waals surface area contributed by atoms with Gasteiger partial charge in [0.05, 0.1) is 30.3 Å². The van der Waals surface area contributed by atoms with Crippen LogP contribution in [0.5, 0.6) is 0 Å². The van der Waals surface area contributed by atoms with Gasteiger partial charge in [-0.25, -0.2) is 4.98 Å². The van der Waals surface area contributed by atoms with E-state index in [4.69, 9.17) is 4.52 Å². The number of benzene rings is 1. The minimum atomic E-state index is -4.25. The Morgan fingerprint density at radius 1 is 1.26 bits per heavy atom. The van der Waals surface area contributed by atoms with Gasteiger partial charge in [0.1, 0.15) is 0 Å². The van der Waals surface area contributed by atoms with Crippen LogP contribution < -0.4 is 0 Å². The normalized spacial score (nSPS) is 13.6. The maximum atomic E-state index is 12.6. The van der Waals surface area contributed by atoms with Crippen molar-refractivity contribution in [3.63, 3.8) is 0 Å². The molecule has 0 saturated heterocycles. The van der Waals surface area contributed by atoms with Crippen LogP contribution in [0.15, 0.2) is 35.1 Å². The number of halogens is 3. The fraction of sp³-hybridized carbons (Fsp3) is 0.400. The van der Waals surface area contributed by atoms with Crippen LogP contribution in [0, 0.1) is 0 Å². The summed E-state index contributed by atoms with van der Waals surface area (Å²) in [6, 6.07) is 7.56. The largest absolute Gasteiger partial charge is 0.389 e. The molecular weight excluding hydrogens is 309 g/mol. The summed E-state index contributed by atoms with van der Waals surface area (Å²) in [6.07, 6.45) is -3.28. The van der Waals surface area contributed by atoms with Gasteiger partial charge in [-0.3, -0.25) is 0 Å². The molecule has 1 atom stereocenters. The number of aromatic nitrogens is 4. The molecule has 2 aromatic heterocycles. The van der Waals surface area contributed by atoms with Crippen molar-refractivity contribution in [3.05, 3.63) is 42.3 Å². The summed E-state index contributed by atoms with van der Waals surface area (Å²) >= 11 is 0. The zero-order valence-electron chi connectivity index (χ0n) is 12.4. The second kappa shape index (κ2) is 6.02. The molecule has 122 valence electrons. The third-order valence-corrected chi connectivity index (χ3v) is 3.64. The molecule has 23 heavy (non-hydrogen) atoms. The first-order chi connectivity index (χ1) is 11.0. The van der Waals surface area contributed by atoms with E-state index >= 15 is 0 Å². The molecule has 1 aromatic carbocycles. The summed E-state index contributed by atoms with van der Waals surface area (Å²) in [6.45, 7) is 1.97. The van der Waals surface area contributed by atoms with Crippen LogP contribution in [0.4, 0.5) is 13.2 Å². The van der Waals surface area contributed by atoms with Crippen molar-refractivity contribution >= 4 is 11.0 Å². The van der Waals surface area contributed by atoms with Crippen molar-refractivity contribution in [1.29, 1.82) is 0 Å². The summed E-state index contributed by atoms with van der Waals surface area (Å²) in [7, 11) is 0. The number of nitrogens with zero attached hydrogens (tertiary/aromatic N) is 4. The highest BCUT2D eigenvalue weighted by Crippen LogP contribution is 2.32. The quantitative estimate of drug-likeness (QED) is 0.714. The molecule has 0 bridgehead atoms. The molecule has 3 aromatic rings. The Balaban J connectivity index is 1.79. The Labute approximate surface area is 130 Å². The summed E-state index contributed by atoms with van der Waals surface area (Å²) in [5.74, 6) is -0.441. The lowest BCUT2D eigenvalue weighted by molar-refractivity contribution is -0.140. The predicted octanol–water partition coefficient (Wildman–Crippen LogP) is 3.91. The molecule has 0 saturated carbocycles. The lowest BCUT2D eigenvalue weighted by Crippen LogP contribution is -2.14. The van der Waals surface area contributed by atoms with Gasteiger partial charge < -0.3 is 9.09 Å². The van der Waals surface area contributed by atoms with E-state index in [9.17, 15) is 13.2 Å². The SMILES string of the molecule is CCC(CC(F)(F)F)c1nc(Cn2cnc3ccccc32)no1. The average Bonchev–Trinajstić information content (AvgIpc) is 3.12. The monoisotopic (exact) mass is 324 g/mol. The minimum absolute atomic E-state index is 0.0317. The molecular formula is C15H15F3N4O. The lowest BCUT2D eigenvalue weighted by Gasteiger charge is -2.12. The first-order valence-corrected chi connectivity index (χ1v) is 7.25. The molecule has 1 unspecified atom stereocenters. The van der Waals surface area contributed by atoms with Gasteiger partial charge in [0.2, 0.25) is 5.89 Å². The van der Waals surface area contributed by atoms with Gasteiger partial charge in [0.25, 0.3) is 0 Å². The van der Waals surface area contributed by atoms with Gasteiger partial charge in [-0.05, 0) is 18.6 Å². The highest BCUT2D eigenvalue weighted by Gasteiger charge is 2.34. The van der Waals surface area contributed by atoms with Crippen molar-refractivity contribution in [2.45, 2.75) is 38.4 Å². The third-order valence-electron chi connectivity index (χ3n) is 3.64. The predicted molar refractivity (Wildman–Crippen MR) is 76.8 cm³/mol. The van der Waals surface area contributed by atoms with Crippen molar-refractivity contribution in [3.8, 4) is 0 Å². The van der Waals surface area contributed by atoms with Gasteiger partial charge in [0.15, 0.2) is 5.82 Å². The number of fused-ring (bicyclic) bond motifs is 1. The molecule has 0 spiro atoms. The zero-order valence-corrected chi connectivity index (χ0v) is 12.4. The Kier molecular flexibility index (Phi) is 4.06. The van der Waals surface area contributed by atoms with Gasteiger partial charge in [-0.15, -0.1) is 0 Å². The summed E-state index contributed by atoms with van der Waals surface area (Å²) < 4.78 is 44.5. The number of hydrogen-bond donors (Lipinski definition) is 0. The average molecular weight is 324 g/mol.